The van der Waals surface area contributed by atoms with E-state index in [9.17, 15) is 4.79 Å². The van der Waals surface area contributed by atoms with Crippen LogP contribution in [0.5, 0.6) is 0 Å². The van der Waals surface area contributed by atoms with Crippen molar-refractivity contribution >= 4 is 17.9 Å². The summed E-state index contributed by atoms with van der Waals surface area (Å²) in [5.74, 6) is -0.858. The third kappa shape index (κ3) is 3.61. The van der Waals surface area contributed by atoms with Crippen LogP contribution in [-0.2, 0) is 4.79 Å². The van der Waals surface area contributed by atoms with E-state index in [4.69, 9.17) is 5.11 Å². The zero-order chi connectivity index (χ0) is 12.8. The van der Waals surface area contributed by atoms with Crippen molar-refractivity contribution < 1.29 is 9.90 Å². The lowest BCUT2D eigenvalue weighted by Gasteiger charge is -2.04. The average Bonchev–Trinajstić information content (AvgIpc) is 2.40. The molecule has 0 unspecified atom stereocenters. The Morgan fingerprint density at radius 3 is 2.22 bits per heavy atom. The van der Waals surface area contributed by atoms with Gasteiger partial charge in [-0.1, -0.05) is 42.5 Å². The molecule has 0 aliphatic carbocycles. The molecule has 0 atom stereocenters. The molecule has 18 heavy (non-hydrogen) atoms. The minimum absolute atomic E-state index is 0.0505. The number of hydrogen-bond acceptors (Lipinski definition) is 3. The maximum absolute atomic E-state index is 10.4. The summed E-state index contributed by atoms with van der Waals surface area (Å²) >= 11 is 1.32. The monoisotopic (exact) mass is 259 g/mol. The minimum atomic E-state index is -0.858. The van der Waals surface area contributed by atoms with Crippen molar-refractivity contribution in [2.24, 2.45) is 0 Å². The van der Waals surface area contributed by atoms with E-state index in [1.807, 2.05) is 42.5 Å². The Hall–Kier alpha value is -1.78. The predicted molar refractivity (Wildman–Crippen MR) is 73.4 cm³/mol. The standard InChI is InChI=1S/C14H13NO2S/c16-14(17)10-15-18-13-8-6-12(7-9-13)11-4-2-1-3-5-11/h1-9,15H,10H2,(H,16,17). The van der Waals surface area contributed by atoms with Crippen LogP contribution in [-0.4, -0.2) is 17.6 Å². The van der Waals surface area contributed by atoms with Crippen LogP contribution in [0.3, 0.4) is 0 Å². The molecule has 2 aromatic carbocycles. The first kappa shape index (κ1) is 12.7. The number of carboxylic acid groups (broad SMARTS) is 1. The Morgan fingerprint density at radius 2 is 1.61 bits per heavy atom. The van der Waals surface area contributed by atoms with E-state index in [0.717, 1.165) is 10.5 Å². The van der Waals surface area contributed by atoms with E-state index in [0.29, 0.717) is 0 Å². The largest absolute Gasteiger partial charge is 0.480 e. The Morgan fingerprint density at radius 1 is 1.00 bits per heavy atom. The molecule has 0 fully saturated rings. The smallest absolute Gasteiger partial charge is 0.318 e. The number of hydrogen-bond donors (Lipinski definition) is 2. The molecule has 0 heterocycles. The van der Waals surface area contributed by atoms with Gasteiger partial charge in [-0.25, -0.2) is 4.72 Å². The maximum atomic E-state index is 10.4. The van der Waals surface area contributed by atoms with Gasteiger partial charge in [0.2, 0.25) is 0 Å². The Bertz CT molecular complexity index is 511. The van der Waals surface area contributed by atoms with Crippen LogP contribution in [0.1, 0.15) is 0 Å². The van der Waals surface area contributed by atoms with E-state index in [2.05, 4.69) is 16.9 Å². The zero-order valence-electron chi connectivity index (χ0n) is 9.67. The molecule has 3 nitrogen and oxygen atoms in total. The number of benzene rings is 2. The summed E-state index contributed by atoms with van der Waals surface area (Å²) < 4.78 is 2.78. The summed E-state index contributed by atoms with van der Waals surface area (Å²) in [6.45, 7) is -0.0505. The van der Waals surface area contributed by atoms with Gasteiger partial charge in [-0.3, -0.25) is 4.79 Å². The van der Waals surface area contributed by atoms with Gasteiger partial charge in [-0.05, 0) is 35.2 Å². The molecule has 0 bridgehead atoms. The van der Waals surface area contributed by atoms with Crippen molar-refractivity contribution in [2.45, 2.75) is 4.90 Å². The van der Waals surface area contributed by atoms with Crippen molar-refractivity contribution in [3.63, 3.8) is 0 Å². The number of aliphatic carboxylic acids is 1. The SMILES string of the molecule is O=C(O)CNSc1ccc(-c2ccccc2)cc1. The highest BCUT2D eigenvalue weighted by molar-refractivity contribution is 7.97. The molecule has 0 amide bonds. The second-order valence-corrected chi connectivity index (χ2v) is 4.67. The molecule has 0 radical (unpaired) electrons. The molecule has 0 saturated heterocycles. The highest BCUT2D eigenvalue weighted by Gasteiger charge is 1.99. The van der Waals surface area contributed by atoms with Crippen molar-refractivity contribution in [1.82, 2.24) is 4.72 Å². The number of nitrogens with one attached hydrogen (secondary N) is 1. The summed E-state index contributed by atoms with van der Waals surface area (Å²) in [4.78, 5) is 11.3. The van der Waals surface area contributed by atoms with Gasteiger partial charge in [0.25, 0.3) is 0 Å². The lowest BCUT2D eigenvalue weighted by molar-refractivity contribution is -0.135. The van der Waals surface area contributed by atoms with E-state index >= 15 is 0 Å². The molecule has 0 aliphatic rings. The first-order valence-corrected chi connectivity index (χ1v) is 6.34. The summed E-state index contributed by atoms with van der Waals surface area (Å²) in [5.41, 5.74) is 2.32. The van der Waals surface area contributed by atoms with E-state index in [1.165, 1.54) is 17.5 Å². The van der Waals surface area contributed by atoms with Crippen LogP contribution >= 0.6 is 11.9 Å². The quantitative estimate of drug-likeness (QED) is 0.810. The van der Waals surface area contributed by atoms with Gasteiger partial charge in [0.05, 0.1) is 0 Å². The van der Waals surface area contributed by atoms with Crippen LogP contribution in [0, 0.1) is 0 Å². The van der Waals surface area contributed by atoms with E-state index in [1.54, 1.807) is 0 Å². The average molecular weight is 259 g/mol. The Kier molecular flexibility index (Phi) is 4.39. The minimum Gasteiger partial charge on any atom is -0.480 e. The van der Waals surface area contributed by atoms with Gasteiger partial charge >= 0.3 is 5.97 Å². The number of carbonyl (C=O) groups is 1. The lowest BCUT2D eigenvalue weighted by atomic mass is 10.1. The first-order valence-electron chi connectivity index (χ1n) is 5.53. The molecular formula is C14H13NO2S. The maximum Gasteiger partial charge on any atom is 0.318 e. The molecular weight excluding hydrogens is 246 g/mol. The fourth-order valence-electron chi connectivity index (χ4n) is 1.53. The first-order chi connectivity index (χ1) is 8.75. The van der Waals surface area contributed by atoms with Crippen molar-refractivity contribution in [2.75, 3.05) is 6.54 Å². The number of carboxylic acids is 1. The van der Waals surface area contributed by atoms with Crippen LogP contribution < -0.4 is 4.72 Å². The molecule has 0 aromatic heterocycles. The molecule has 0 spiro atoms. The summed E-state index contributed by atoms with van der Waals surface area (Å²) in [6, 6.07) is 18.1. The van der Waals surface area contributed by atoms with Gasteiger partial charge in [0.15, 0.2) is 0 Å². The van der Waals surface area contributed by atoms with Crippen LogP contribution in [0.15, 0.2) is 59.5 Å². The zero-order valence-corrected chi connectivity index (χ0v) is 10.5. The molecule has 92 valence electrons. The van der Waals surface area contributed by atoms with Gasteiger partial charge in [0, 0.05) is 4.90 Å². The third-order valence-corrected chi connectivity index (χ3v) is 3.17. The van der Waals surface area contributed by atoms with Crippen LogP contribution in [0.25, 0.3) is 11.1 Å². The molecule has 2 rings (SSSR count). The van der Waals surface area contributed by atoms with Crippen molar-refractivity contribution in [3.05, 3.63) is 54.6 Å². The van der Waals surface area contributed by atoms with Gasteiger partial charge in [-0.15, -0.1) is 0 Å². The normalized spacial score (nSPS) is 10.2. The topological polar surface area (TPSA) is 49.3 Å². The highest BCUT2D eigenvalue weighted by atomic mass is 32.2. The van der Waals surface area contributed by atoms with E-state index < -0.39 is 5.97 Å². The van der Waals surface area contributed by atoms with Gasteiger partial charge in [-0.2, -0.15) is 0 Å². The van der Waals surface area contributed by atoms with E-state index in [-0.39, 0.29) is 6.54 Å². The van der Waals surface area contributed by atoms with Gasteiger partial charge < -0.3 is 5.11 Å². The molecule has 2 aromatic rings. The third-order valence-electron chi connectivity index (χ3n) is 2.37. The second kappa shape index (κ2) is 6.23. The summed E-state index contributed by atoms with van der Waals surface area (Å²) in [5, 5.41) is 8.51. The Labute approximate surface area is 110 Å². The van der Waals surface area contributed by atoms with Gasteiger partial charge in [0.1, 0.15) is 6.54 Å². The molecule has 0 saturated carbocycles. The summed E-state index contributed by atoms with van der Waals surface area (Å²) in [7, 11) is 0. The highest BCUT2D eigenvalue weighted by Crippen LogP contribution is 2.22. The Balaban J connectivity index is 2.00. The van der Waals surface area contributed by atoms with Crippen LogP contribution in [0.4, 0.5) is 0 Å². The predicted octanol–water partition coefficient (Wildman–Crippen LogP) is 3.03. The lowest BCUT2D eigenvalue weighted by Crippen LogP contribution is -2.15. The second-order valence-electron chi connectivity index (χ2n) is 3.71. The molecule has 2 N–H and O–H groups in total. The van der Waals surface area contributed by atoms with Crippen LogP contribution in [0.2, 0.25) is 0 Å². The fourth-order valence-corrected chi connectivity index (χ4v) is 2.16. The molecule has 4 heteroatoms. The summed E-state index contributed by atoms with van der Waals surface area (Å²) in [6.07, 6.45) is 0. The fraction of sp³-hybridized carbons (Fsp3) is 0.0714. The van der Waals surface area contributed by atoms with Crippen molar-refractivity contribution in [3.8, 4) is 11.1 Å². The van der Waals surface area contributed by atoms with Crippen molar-refractivity contribution in [1.29, 1.82) is 0 Å². The number of rotatable bonds is 5. The molecule has 0 aliphatic heterocycles.